The van der Waals surface area contributed by atoms with E-state index in [0.717, 1.165) is 5.75 Å². The number of ether oxygens (including phenoxy) is 2. The van der Waals surface area contributed by atoms with Crippen molar-refractivity contribution < 1.29 is 17.9 Å². The van der Waals surface area contributed by atoms with Gasteiger partial charge < -0.3 is 15.2 Å². The van der Waals surface area contributed by atoms with Gasteiger partial charge >= 0.3 is 0 Å². The van der Waals surface area contributed by atoms with Gasteiger partial charge in [-0.2, -0.15) is 0 Å². The molecule has 1 atom stereocenters. The van der Waals surface area contributed by atoms with Crippen LogP contribution in [-0.4, -0.2) is 28.1 Å². The van der Waals surface area contributed by atoms with E-state index in [2.05, 4.69) is 4.72 Å². The molecule has 124 valence electrons. The third-order valence-electron chi connectivity index (χ3n) is 3.14. The number of benzene rings is 2. The molecule has 0 aliphatic heterocycles. The molecule has 0 aliphatic rings. The molecule has 0 aromatic heterocycles. The Labute approximate surface area is 136 Å². The fraction of sp³-hybridized carbons (Fsp3) is 0.250. The molecule has 2 aromatic carbocycles. The highest BCUT2D eigenvalue weighted by Gasteiger charge is 2.16. The third kappa shape index (κ3) is 4.69. The summed E-state index contributed by atoms with van der Waals surface area (Å²) >= 11 is 0. The Morgan fingerprint density at radius 2 is 1.48 bits per heavy atom. The Kier molecular flexibility index (Phi) is 5.59. The van der Waals surface area contributed by atoms with Gasteiger partial charge in [0.1, 0.15) is 17.2 Å². The topological polar surface area (TPSA) is 90.6 Å². The van der Waals surface area contributed by atoms with Gasteiger partial charge in [0.05, 0.1) is 12.0 Å². The van der Waals surface area contributed by atoms with Crippen LogP contribution in [0.15, 0.2) is 53.4 Å². The minimum atomic E-state index is -3.57. The summed E-state index contributed by atoms with van der Waals surface area (Å²) in [6.45, 7) is 1.94. The van der Waals surface area contributed by atoms with Gasteiger partial charge in [-0.15, -0.1) is 0 Å². The molecule has 23 heavy (non-hydrogen) atoms. The molecule has 0 unspecified atom stereocenters. The Morgan fingerprint density at radius 3 is 1.96 bits per heavy atom. The second kappa shape index (κ2) is 7.45. The van der Waals surface area contributed by atoms with E-state index in [1.54, 1.807) is 50.4 Å². The van der Waals surface area contributed by atoms with Gasteiger partial charge in [-0.3, -0.25) is 0 Å². The molecule has 2 aromatic rings. The van der Waals surface area contributed by atoms with Crippen LogP contribution in [0, 0.1) is 0 Å². The van der Waals surface area contributed by atoms with E-state index >= 15 is 0 Å². The van der Waals surface area contributed by atoms with Crippen molar-refractivity contribution in [3.63, 3.8) is 0 Å². The smallest absolute Gasteiger partial charge is 0.240 e. The predicted molar refractivity (Wildman–Crippen MR) is 88.3 cm³/mol. The molecule has 0 aliphatic carbocycles. The van der Waals surface area contributed by atoms with Gasteiger partial charge in [0, 0.05) is 12.6 Å². The lowest BCUT2D eigenvalue weighted by molar-refractivity contribution is 0.413. The first-order valence-corrected chi connectivity index (χ1v) is 8.57. The van der Waals surface area contributed by atoms with E-state index in [-0.39, 0.29) is 17.5 Å². The van der Waals surface area contributed by atoms with Gasteiger partial charge in [0.25, 0.3) is 0 Å². The van der Waals surface area contributed by atoms with Crippen LogP contribution in [0.25, 0.3) is 0 Å². The molecule has 2 rings (SSSR count). The zero-order chi connectivity index (χ0) is 16.9. The number of methoxy groups -OCH3 is 1. The third-order valence-corrected chi connectivity index (χ3v) is 4.74. The largest absolute Gasteiger partial charge is 0.497 e. The molecule has 0 fully saturated rings. The van der Waals surface area contributed by atoms with Crippen LogP contribution >= 0.6 is 0 Å². The first-order valence-electron chi connectivity index (χ1n) is 7.09. The van der Waals surface area contributed by atoms with E-state index < -0.39 is 10.0 Å². The Balaban J connectivity index is 2.09. The van der Waals surface area contributed by atoms with Crippen molar-refractivity contribution in [1.82, 2.24) is 4.72 Å². The Morgan fingerprint density at radius 1 is 1.00 bits per heavy atom. The average molecular weight is 336 g/mol. The normalized spacial score (nSPS) is 12.7. The zero-order valence-corrected chi connectivity index (χ0v) is 13.8. The van der Waals surface area contributed by atoms with E-state index in [1.165, 1.54) is 12.1 Å². The van der Waals surface area contributed by atoms with Gasteiger partial charge in [0.2, 0.25) is 10.0 Å². The molecule has 0 bridgehead atoms. The van der Waals surface area contributed by atoms with Crippen LogP contribution in [0.4, 0.5) is 0 Å². The Bertz CT molecular complexity index is 728. The first kappa shape index (κ1) is 17.3. The number of nitrogens with one attached hydrogen (secondary N) is 1. The summed E-state index contributed by atoms with van der Waals surface area (Å²) in [7, 11) is -1.98. The minimum Gasteiger partial charge on any atom is -0.497 e. The summed E-state index contributed by atoms with van der Waals surface area (Å²) in [5, 5.41) is 0. The molecular formula is C16H20N2O4S. The number of hydrogen-bond donors (Lipinski definition) is 2. The molecule has 0 spiro atoms. The average Bonchev–Trinajstić information content (AvgIpc) is 2.55. The number of nitrogens with two attached hydrogens (primary N) is 1. The van der Waals surface area contributed by atoms with Crippen LogP contribution in [0.2, 0.25) is 0 Å². The lowest BCUT2D eigenvalue weighted by Crippen LogP contribution is -2.37. The van der Waals surface area contributed by atoms with E-state index in [4.69, 9.17) is 15.2 Å². The quantitative estimate of drug-likeness (QED) is 0.808. The molecule has 0 amide bonds. The van der Waals surface area contributed by atoms with Crippen molar-refractivity contribution in [3.05, 3.63) is 48.5 Å². The van der Waals surface area contributed by atoms with Gasteiger partial charge in [0.15, 0.2) is 0 Å². The highest BCUT2D eigenvalue weighted by atomic mass is 32.2. The summed E-state index contributed by atoms with van der Waals surface area (Å²) in [4.78, 5) is 0.167. The van der Waals surface area contributed by atoms with Crippen molar-refractivity contribution in [2.45, 2.75) is 17.9 Å². The van der Waals surface area contributed by atoms with Crippen molar-refractivity contribution in [3.8, 4) is 17.2 Å². The van der Waals surface area contributed by atoms with Gasteiger partial charge in [-0.1, -0.05) is 0 Å². The van der Waals surface area contributed by atoms with Crippen LogP contribution in [0.3, 0.4) is 0 Å². The van der Waals surface area contributed by atoms with Crippen LogP contribution in [0.5, 0.6) is 17.2 Å². The molecule has 0 saturated heterocycles. The van der Waals surface area contributed by atoms with Gasteiger partial charge in [-0.05, 0) is 55.5 Å². The zero-order valence-electron chi connectivity index (χ0n) is 13.0. The fourth-order valence-electron chi connectivity index (χ4n) is 1.85. The monoisotopic (exact) mass is 336 g/mol. The highest BCUT2D eigenvalue weighted by molar-refractivity contribution is 7.89. The molecule has 3 N–H and O–H groups in total. The summed E-state index contributed by atoms with van der Waals surface area (Å²) in [6.07, 6.45) is 0. The van der Waals surface area contributed by atoms with Crippen molar-refractivity contribution in [1.29, 1.82) is 0 Å². The number of sulfonamides is 1. The molecule has 0 saturated carbocycles. The molecular weight excluding hydrogens is 316 g/mol. The van der Waals surface area contributed by atoms with Crippen molar-refractivity contribution >= 4 is 10.0 Å². The minimum absolute atomic E-state index is 0.167. The maximum Gasteiger partial charge on any atom is 0.240 e. The number of rotatable bonds is 7. The van der Waals surface area contributed by atoms with Crippen LogP contribution < -0.4 is 19.9 Å². The highest BCUT2D eigenvalue weighted by Crippen LogP contribution is 2.24. The standard InChI is InChI=1S/C16H20N2O4S/c1-12(11-17)18-23(19,20)16-9-7-15(8-10-16)22-14-5-3-13(21-2)4-6-14/h3-10,12,18H,11,17H2,1-2H3/t12-/m0/s1. The van der Waals surface area contributed by atoms with Crippen LogP contribution in [-0.2, 0) is 10.0 Å². The lowest BCUT2D eigenvalue weighted by atomic mass is 10.3. The van der Waals surface area contributed by atoms with Crippen molar-refractivity contribution in [2.75, 3.05) is 13.7 Å². The van der Waals surface area contributed by atoms with Crippen LogP contribution in [0.1, 0.15) is 6.92 Å². The van der Waals surface area contributed by atoms with E-state index in [1.807, 2.05) is 0 Å². The summed E-state index contributed by atoms with van der Waals surface area (Å²) in [6, 6.07) is 13.0. The second-order valence-corrected chi connectivity index (χ2v) is 6.72. The van der Waals surface area contributed by atoms with Gasteiger partial charge in [-0.25, -0.2) is 13.1 Å². The maximum absolute atomic E-state index is 12.1. The second-order valence-electron chi connectivity index (χ2n) is 5.01. The molecule has 6 nitrogen and oxygen atoms in total. The maximum atomic E-state index is 12.1. The molecule has 0 heterocycles. The van der Waals surface area contributed by atoms with Crippen molar-refractivity contribution in [2.24, 2.45) is 5.73 Å². The summed E-state index contributed by atoms with van der Waals surface area (Å²) in [5.74, 6) is 1.91. The van der Waals surface area contributed by atoms with E-state index in [9.17, 15) is 8.42 Å². The Hall–Kier alpha value is -2.09. The molecule has 7 heteroatoms. The first-order chi connectivity index (χ1) is 10.9. The molecule has 0 radical (unpaired) electrons. The fourth-order valence-corrected chi connectivity index (χ4v) is 3.10. The summed E-state index contributed by atoms with van der Waals surface area (Å²) < 4.78 is 37.5. The predicted octanol–water partition coefficient (Wildman–Crippen LogP) is 2.11. The van der Waals surface area contributed by atoms with E-state index in [0.29, 0.717) is 11.5 Å². The summed E-state index contributed by atoms with van der Waals surface area (Å²) in [5.41, 5.74) is 5.43. The number of hydrogen-bond acceptors (Lipinski definition) is 5. The SMILES string of the molecule is COc1ccc(Oc2ccc(S(=O)(=O)N[C@@H](C)CN)cc2)cc1. The lowest BCUT2D eigenvalue weighted by Gasteiger charge is -2.12.